The lowest BCUT2D eigenvalue weighted by Gasteiger charge is -2.30. The van der Waals surface area contributed by atoms with Crippen molar-refractivity contribution in [3.63, 3.8) is 0 Å². The first-order valence-electron chi connectivity index (χ1n) is 9.72. The van der Waals surface area contributed by atoms with Crippen molar-refractivity contribution in [3.05, 3.63) is 75.5 Å². The molecule has 0 radical (unpaired) electrons. The van der Waals surface area contributed by atoms with Crippen LogP contribution < -0.4 is 16.2 Å². The zero-order valence-electron chi connectivity index (χ0n) is 16.8. The fourth-order valence-electron chi connectivity index (χ4n) is 3.77. The molecule has 3 aromatic rings. The van der Waals surface area contributed by atoms with E-state index in [1.165, 1.54) is 5.56 Å². The Bertz CT molecular complexity index is 1080. The second-order valence-electron chi connectivity index (χ2n) is 7.30. The van der Waals surface area contributed by atoms with E-state index in [9.17, 15) is 4.79 Å². The van der Waals surface area contributed by atoms with E-state index in [1.54, 1.807) is 17.9 Å². The molecule has 7 nitrogen and oxygen atoms in total. The molecular formula is C22H25N5O2. The minimum Gasteiger partial charge on any atom is -0.384 e. The summed E-state index contributed by atoms with van der Waals surface area (Å²) >= 11 is 0. The van der Waals surface area contributed by atoms with Crippen LogP contribution in [0.3, 0.4) is 0 Å². The summed E-state index contributed by atoms with van der Waals surface area (Å²) in [6.07, 6.45) is 5.20. The molecule has 0 amide bonds. The summed E-state index contributed by atoms with van der Waals surface area (Å²) in [6, 6.07) is 10.0. The molecule has 0 atom stereocenters. The molecule has 0 saturated carbocycles. The highest BCUT2D eigenvalue weighted by atomic mass is 16.5. The maximum Gasteiger partial charge on any atom is 0.278 e. The number of ether oxygens (including phenoxy) is 1. The summed E-state index contributed by atoms with van der Waals surface area (Å²) in [5, 5.41) is 0. The number of aromatic nitrogens is 3. The van der Waals surface area contributed by atoms with E-state index in [4.69, 9.17) is 10.5 Å². The van der Waals surface area contributed by atoms with E-state index in [-0.39, 0.29) is 5.56 Å². The van der Waals surface area contributed by atoms with Gasteiger partial charge in [-0.1, -0.05) is 12.1 Å². The van der Waals surface area contributed by atoms with Gasteiger partial charge in [0, 0.05) is 50.3 Å². The van der Waals surface area contributed by atoms with Crippen LogP contribution in [-0.2, 0) is 24.1 Å². The van der Waals surface area contributed by atoms with Gasteiger partial charge >= 0.3 is 0 Å². The SMILES string of the molecule is COCCc1ccc(-n2ccc(C)c(N3CCc4nc(N)ncc4C3)c2=O)cc1. The lowest BCUT2D eigenvalue weighted by atomic mass is 10.1. The number of anilines is 2. The van der Waals surface area contributed by atoms with E-state index in [1.807, 2.05) is 43.5 Å². The second kappa shape index (κ2) is 8.05. The molecule has 7 heteroatoms. The summed E-state index contributed by atoms with van der Waals surface area (Å²) in [5.41, 5.74) is 11.4. The van der Waals surface area contributed by atoms with Gasteiger partial charge in [-0.25, -0.2) is 9.97 Å². The molecule has 4 rings (SSSR count). The van der Waals surface area contributed by atoms with E-state index in [0.29, 0.717) is 19.1 Å². The van der Waals surface area contributed by atoms with Crippen LogP contribution in [-0.4, -0.2) is 34.8 Å². The Hall–Kier alpha value is -3.19. The number of hydrogen-bond donors (Lipinski definition) is 1. The summed E-state index contributed by atoms with van der Waals surface area (Å²) in [5.74, 6) is 0.296. The van der Waals surface area contributed by atoms with Crippen LogP contribution in [0.5, 0.6) is 0 Å². The molecule has 0 saturated heterocycles. The van der Waals surface area contributed by atoms with Crippen molar-refractivity contribution in [1.29, 1.82) is 0 Å². The predicted molar refractivity (Wildman–Crippen MR) is 114 cm³/mol. The summed E-state index contributed by atoms with van der Waals surface area (Å²) < 4.78 is 6.84. The van der Waals surface area contributed by atoms with Crippen molar-refractivity contribution >= 4 is 11.6 Å². The number of fused-ring (bicyclic) bond motifs is 1. The average molecular weight is 391 g/mol. The third kappa shape index (κ3) is 3.86. The average Bonchev–Trinajstić information content (AvgIpc) is 2.73. The predicted octanol–water partition coefficient (Wildman–Crippen LogP) is 2.27. The number of nitrogens with zero attached hydrogens (tertiary/aromatic N) is 4. The maximum absolute atomic E-state index is 13.4. The highest BCUT2D eigenvalue weighted by Crippen LogP contribution is 2.24. The molecule has 0 aliphatic carbocycles. The minimum absolute atomic E-state index is 0.0190. The molecule has 2 N–H and O–H groups in total. The van der Waals surface area contributed by atoms with Crippen molar-refractivity contribution in [1.82, 2.24) is 14.5 Å². The number of rotatable bonds is 5. The first-order valence-corrected chi connectivity index (χ1v) is 9.72. The van der Waals surface area contributed by atoms with E-state index >= 15 is 0 Å². The second-order valence-corrected chi connectivity index (χ2v) is 7.30. The van der Waals surface area contributed by atoms with Gasteiger partial charge in [0.25, 0.3) is 5.56 Å². The fraction of sp³-hybridized carbons (Fsp3) is 0.318. The van der Waals surface area contributed by atoms with Crippen LogP contribution >= 0.6 is 0 Å². The molecule has 3 heterocycles. The quantitative estimate of drug-likeness (QED) is 0.718. The number of nitrogens with two attached hydrogens (primary N) is 1. The lowest BCUT2D eigenvalue weighted by molar-refractivity contribution is 0.202. The number of nitrogen functional groups attached to an aromatic ring is 1. The van der Waals surface area contributed by atoms with Gasteiger partial charge in [-0.05, 0) is 42.7 Å². The van der Waals surface area contributed by atoms with E-state index in [2.05, 4.69) is 14.9 Å². The van der Waals surface area contributed by atoms with Crippen LogP contribution in [0.1, 0.15) is 22.4 Å². The van der Waals surface area contributed by atoms with Gasteiger partial charge in [0.05, 0.1) is 12.3 Å². The Morgan fingerprint density at radius 3 is 2.76 bits per heavy atom. The van der Waals surface area contributed by atoms with Gasteiger partial charge < -0.3 is 15.4 Å². The molecule has 29 heavy (non-hydrogen) atoms. The topological polar surface area (TPSA) is 86.3 Å². The molecule has 1 aliphatic heterocycles. The van der Waals surface area contributed by atoms with Gasteiger partial charge in [0.1, 0.15) is 5.69 Å². The minimum atomic E-state index is -0.0190. The Labute approximate surface area is 169 Å². The summed E-state index contributed by atoms with van der Waals surface area (Å²) in [4.78, 5) is 23.9. The summed E-state index contributed by atoms with van der Waals surface area (Å²) in [7, 11) is 1.70. The molecule has 1 aromatic carbocycles. The first kappa shape index (κ1) is 19.1. The zero-order chi connectivity index (χ0) is 20.4. The van der Waals surface area contributed by atoms with Crippen LogP contribution in [0.25, 0.3) is 5.69 Å². The molecule has 0 fully saturated rings. The molecule has 150 valence electrons. The molecule has 0 bridgehead atoms. The van der Waals surface area contributed by atoms with Crippen LogP contribution in [0.15, 0.2) is 47.5 Å². The van der Waals surface area contributed by atoms with Gasteiger partial charge in [0.2, 0.25) is 5.95 Å². The molecule has 0 unspecified atom stereocenters. The Balaban J connectivity index is 1.66. The molecule has 2 aromatic heterocycles. The van der Waals surface area contributed by atoms with Crippen LogP contribution in [0.4, 0.5) is 11.6 Å². The number of pyridine rings is 1. The third-order valence-electron chi connectivity index (χ3n) is 5.35. The Kier molecular flexibility index (Phi) is 5.31. The number of hydrogen-bond acceptors (Lipinski definition) is 6. The molecular weight excluding hydrogens is 366 g/mol. The molecule has 0 spiro atoms. The number of benzene rings is 1. The van der Waals surface area contributed by atoms with Gasteiger partial charge in [-0.2, -0.15) is 0 Å². The number of methoxy groups -OCH3 is 1. The van der Waals surface area contributed by atoms with Crippen molar-refractivity contribution in [3.8, 4) is 5.69 Å². The van der Waals surface area contributed by atoms with Crippen LogP contribution in [0, 0.1) is 6.92 Å². The highest BCUT2D eigenvalue weighted by molar-refractivity contribution is 5.55. The largest absolute Gasteiger partial charge is 0.384 e. The monoisotopic (exact) mass is 391 g/mol. The molecule has 1 aliphatic rings. The fourth-order valence-corrected chi connectivity index (χ4v) is 3.77. The zero-order valence-corrected chi connectivity index (χ0v) is 16.8. The summed E-state index contributed by atoms with van der Waals surface area (Å²) in [6.45, 7) is 3.98. The number of aryl methyl sites for hydroxylation is 1. The van der Waals surface area contributed by atoms with E-state index < -0.39 is 0 Å². The highest BCUT2D eigenvalue weighted by Gasteiger charge is 2.22. The first-order chi connectivity index (χ1) is 14.1. The van der Waals surface area contributed by atoms with Crippen molar-refractivity contribution < 1.29 is 4.74 Å². The third-order valence-corrected chi connectivity index (χ3v) is 5.35. The van der Waals surface area contributed by atoms with Crippen LogP contribution in [0.2, 0.25) is 0 Å². The Morgan fingerprint density at radius 2 is 2.00 bits per heavy atom. The van der Waals surface area contributed by atoms with Crippen molar-refractivity contribution in [2.24, 2.45) is 0 Å². The normalized spacial score (nSPS) is 13.4. The smallest absolute Gasteiger partial charge is 0.278 e. The van der Waals surface area contributed by atoms with Crippen molar-refractivity contribution in [2.75, 3.05) is 30.9 Å². The lowest BCUT2D eigenvalue weighted by Crippen LogP contribution is -2.37. The van der Waals surface area contributed by atoms with Crippen molar-refractivity contribution in [2.45, 2.75) is 26.3 Å². The van der Waals surface area contributed by atoms with Gasteiger partial charge in [-0.3, -0.25) is 9.36 Å². The maximum atomic E-state index is 13.4. The van der Waals surface area contributed by atoms with Gasteiger partial charge in [0.15, 0.2) is 0 Å². The van der Waals surface area contributed by atoms with E-state index in [0.717, 1.165) is 47.6 Å². The van der Waals surface area contributed by atoms with Gasteiger partial charge in [-0.15, -0.1) is 0 Å². The standard InChI is InChI=1S/C22H25N5O2/c1-15-7-11-27(18-5-3-16(4-6-18)9-12-29-2)21(28)20(15)26-10-8-19-17(14-26)13-24-22(23)25-19/h3-7,11,13H,8-10,12,14H2,1-2H3,(H2,23,24,25). The Morgan fingerprint density at radius 1 is 1.21 bits per heavy atom.